The Morgan fingerprint density at radius 1 is 1.32 bits per heavy atom. The van der Waals surface area contributed by atoms with Crippen LogP contribution in [0, 0.1) is 6.92 Å². The fourth-order valence-corrected chi connectivity index (χ4v) is 1.93. The first-order chi connectivity index (χ1) is 8.81. The van der Waals surface area contributed by atoms with Crippen LogP contribution < -0.4 is 0 Å². The second-order valence-electron chi connectivity index (χ2n) is 5.57. The number of carbonyl (C=O) groups is 2. The highest BCUT2D eigenvalue weighted by Gasteiger charge is 2.20. The van der Waals surface area contributed by atoms with Gasteiger partial charge < -0.3 is 4.74 Å². The highest BCUT2D eigenvalue weighted by Crippen LogP contribution is 2.23. The third-order valence-corrected chi connectivity index (χ3v) is 2.71. The van der Waals surface area contributed by atoms with Crippen LogP contribution >= 0.6 is 0 Å². The standard InChI is InChI=1S/C15H17NO3/c1-10-5-6-13-12(7-10)11(9-17)8-16(13)14(18)19-15(2,3)4/h5-9H,1-4H3. The lowest BCUT2D eigenvalue weighted by Gasteiger charge is -2.19. The lowest BCUT2D eigenvalue weighted by atomic mass is 10.1. The molecule has 0 saturated carbocycles. The molecule has 4 heteroatoms. The van der Waals surface area contributed by atoms with E-state index >= 15 is 0 Å². The molecule has 0 atom stereocenters. The topological polar surface area (TPSA) is 48.3 Å². The maximum atomic E-state index is 12.1. The van der Waals surface area contributed by atoms with E-state index in [1.165, 1.54) is 10.8 Å². The smallest absolute Gasteiger partial charge is 0.419 e. The number of benzene rings is 1. The number of fused-ring (bicyclic) bond motifs is 1. The predicted molar refractivity (Wildman–Crippen MR) is 73.7 cm³/mol. The Hall–Kier alpha value is -2.10. The van der Waals surface area contributed by atoms with E-state index in [2.05, 4.69) is 0 Å². The van der Waals surface area contributed by atoms with Crippen molar-refractivity contribution >= 4 is 23.3 Å². The van der Waals surface area contributed by atoms with Gasteiger partial charge in [-0.3, -0.25) is 9.36 Å². The van der Waals surface area contributed by atoms with Gasteiger partial charge >= 0.3 is 6.09 Å². The van der Waals surface area contributed by atoms with E-state index in [9.17, 15) is 9.59 Å². The number of aryl methyl sites for hydroxylation is 1. The molecule has 100 valence electrons. The van der Waals surface area contributed by atoms with Crippen LogP contribution in [-0.2, 0) is 4.74 Å². The lowest BCUT2D eigenvalue weighted by Crippen LogP contribution is -2.26. The first-order valence-electron chi connectivity index (χ1n) is 6.12. The summed E-state index contributed by atoms with van der Waals surface area (Å²) in [6, 6.07) is 5.61. The van der Waals surface area contributed by atoms with Crippen molar-refractivity contribution in [2.75, 3.05) is 0 Å². The predicted octanol–water partition coefficient (Wildman–Crippen LogP) is 3.55. The van der Waals surface area contributed by atoms with Gasteiger partial charge in [-0.05, 0) is 39.8 Å². The summed E-state index contributed by atoms with van der Waals surface area (Å²) in [7, 11) is 0. The van der Waals surface area contributed by atoms with Gasteiger partial charge in [-0.2, -0.15) is 0 Å². The van der Waals surface area contributed by atoms with E-state index in [0.717, 1.165) is 17.2 Å². The Bertz CT molecular complexity index is 647. The second-order valence-corrected chi connectivity index (χ2v) is 5.57. The molecule has 4 nitrogen and oxygen atoms in total. The zero-order valence-electron chi connectivity index (χ0n) is 11.6. The van der Waals surface area contributed by atoms with Gasteiger partial charge in [-0.15, -0.1) is 0 Å². The minimum atomic E-state index is -0.570. The number of aldehydes is 1. The van der Waals surface area contributed by atoms with Crippen molar-refractivity contribution in [3.8, 4) is 0 Å². The molecule has 0 saturated heterocycles. The van der Waals surface area contributed by atoms with Crippen molar-refractivity contribution in [3.63, 3.8) is 0 Å². The van der Waals surface area contributed by atoms with Crippen LogP contribution in [0.4, 0.5) is 4.79 Å². The fraction of sp³-hybridized carbons (Fsp3) is 0.333. The van der Waals surface area contributed by atoms with E-state index in [1.807, 2.05) is 25.1 Å². The zero-order valence-corrected chi connectivity index (χ0v) is 11.6. The van der Waals surface area contributed by atoms with Crippen LogP contribution in [0.25, 0.3) is 10.9 Å². The van der Waals surface area contributed by atoms with Gasteiger partial charge in [-0.25, -0.2) is 4.79 Å². The van der Waals surface area contributed by atoms with Gasteiger partial charge in [0, 0.05) is 17.1 Å². The summed E-state index contributed by atoms with van der Waals surface area (Å²) in [5, 5.41) is 0.765. The van der Waals surface area contributed by atoms with E-state index in [4.69, 9.17) is 4.74 Å². The van der Waals surface area contributed by atoms with Gasteiger partial charge in [0.1, 0.15) is 5.60 Å². The van der Waals surface area contributed by atoms with Crippen molar-refractivity contribution in [2.45, 2.75) is 33.3 Å². The highest BCUT2D eigenvalue weighted by molar-refractivity contribution is 6.01. The molecule has 1 heterocycles. The summed E-state index contributed by atoms with van der Waals surface area (Å²) in [5.41, 5.74) is 1.64. The van der Waals surface area contributed by atoms with Crippen molar-refractivity contribution in [1.82, 2.24) is 4.57 Å². The summed E-state index contributed by atoms with van der Waals surface area (Å²) in [5.74, 6) is 0. The normalized spacial score (nSPS) is 11.6. The quantitative estimate of drug-likeness (QED) is 0.736. The van der Waals surface area contributed by atoms with E-state index in [0.29, 0.717) is 11.1 Å². The molecule has 0 bridgehead atoms. The molecule has 0 aliphatic rings. The molecule has 0 amide bonds. The van der Waals surface area contributed by atoms with Crippen LogP contribution in [0.15, 0.2) is 24.4 Å². The molecule has 0 aliphatic carbocycles. The SMILES string of the molecule is Cc1ccc2c(c1)c(C=O)cn2C(=O)OC(C)(C)C. The van der Waals surface area contributed by atoms with E-state index in [-0.39, 0.29) is 0 Å². The monoisotopic (exact) mass is 259 g/mol. The highest BCUT2D eigenvalue weighted by atomic mass is 16.6. The molecule has 1 aromatic heterocycles. The number of rotatable bonds is 1. The van der Waals surface area contributed by atoms with Gasteiger partial charge in [0.2, 0.25) is 0 Å². The first-order valence-corrected chi connectivity index (χ1v) is 6.12. The maximum absolute atomic E-state index is 12.1. The van der Waals surface area contributed by atoms with Crippen LogP contribution in [0.5, 0.6) is 0 Å². The van der Waals surface area contributed by atoms with Gasteiger partial charge in [0.25, 0.3) is 0 Å². The Kier molecular flexibility index (Phi) is 3.18. The zero-order chi connectivity index (χ0) is 14.2. The van der Waals surface area contributed by atoms with Crippen LogP contribution in [-0.4, -0.2) is 22.5 Å². The number of aromatic nitrogens is 1. The van der Waals surface area contributed by atoms with Crippen molar-refractivity contribution in [3.05, 3.63) is 35.5 Å². The average molecular weight is 259 g/mol. The summed E-state index contributed by atoms with van der Waals surface area (Å²) >= 11 is 0. The fourth-order valence-electron chi connectivity index (χ4n) is 1.93. The summed E-state index contributed by atoms with van der Waals surface area (Å²) in [6.45, 7) is 7.36. The van der Waals surface area contributed by atoms with E-state index in [1.54, 1.807) is 20.8 Å². The third-order valence-electron chi connectivity index (χ3n) is 2.71. The Morgan fingerprint density at radius 2 is 2.00 bits per heavy atom. The number of nitrogens with zero attached hydrogens (tertiary/aromatic N) is 1. The van der Waals surface area contributed by atoms with Gasteiger partial charge in [0.05, 0.1) is 5.52 Å². The minimum absolute atomic E-state index is 0.477. The molecule has 0 unspecified atom stereocenters. The third kappa shape index (κ3) is 2.67. The van der Waals surface area contributed by atoms with Crippen LogP contribution in [0.2, 0.25) is 0 Å². The van der Waals surface area contributed by atoms with Gasteiger partial charge in [0.15, 0.2) is 6.29 Å². The molecule has 0 aliphatic heterocycles. The Morgan fingerprint density at radius 3 is 2.58 bits per heavy atom. The molecule has 0 spiro atoms. The number of hydrogen-bond acceptors (Lipinski definition) is 3. The molecular formula is C15H17NO3. The van der Waals surface area contributed by atoms with E-state index < -0.39 is 11.7 Å². The molecule has 1 aromatic carbocycles. The molecule has 19 heavy (non-hydrogen) atoms. The second kappa shape index (κ2) is 4.53. The molecular weight excluding hydrogens is 242 g/mol. The number of ether oxygens (including phenoxy) is 1. The largest absolute Gasteiger partial charge is 0.443 e. The first kappa shape index (κ1) is 13.3. The van der Waals surface area contributed by atoms with Gasteiger partial charge in [-0.1, -0.05) is 11.6 Å². The van der Waals surface area contributed by atoms with Crippen molar-refractivity contribution in [2.24, 2.45) is 0 Å². The average Bonchev–Trinajstić information content (AvgIpc) is 2.64. The van der Waals surface area contributed by atoms with Crippen LogP contribution in [0.1, 0.15) is 36.7 Å². The molecule has 2 rings (SSSR count). The summed E-state index contributed by atoms with van der Waals surface area (Å²) in [4.78, 5) is 23.2. The number of carbonyl (C=O) groups excluding carboxylic acids is 2. The van der Waals surface area contributed by atoms with Crippen LogP contribution in [0.3, 0.4) is 0 Å². The summed E-state index contributed by atoms with van der Waals surface area (Å²) in [6.07, 6.45) is 1.79. The number of hydrogen-bond donors (Lipinski definition) is 0. The lowest BCUT2D eigenvalue weighted by molar-refractivity contribution is 0.0544. The van der Waals surface area contributed by atoms with Crippen molar-refractivity contribution in [1.29, 1.82) is 0 Å². The minimum Gasteiger partial charge on any atom is -0.443 e. The molecule has 2 aromatic rings. The molecule has 0 N–H and O–H groups in total. The molecule has 0 fully saturated rings. The maximum Gasteiger partial charge on any atom is 0.419 e. The summed E-state index contributed by atoms with van der Waals surface area (Å²) < 4.78 is 6.71. The molecule has 0 radical (unpaired) electrons. The Labute approximate surface area is 112 Å². The Balaban J connectivity index is 2.55. The van der Waals surface area contributed by atoms with Crippen molar-refractivity contribution < 1.29 is 14.3 Å².